The van der Waals surface area contributed by atoms with E-state index < -0.39 is 17.1 Å². The number of nitrogens with one attached hydrogen (secondary N) is 1. The van der Waals surface area contributed by atoms with Crippen LogP contribution in [0.4, 0.5) is 16.2 Å². The first-order valence-corrected chi connectivity index (χ1v) is 14.0. The maximum Gasteiger partial charge on any atom is 0.294 e. The van der Waals surface area contributed by atoms with Gasteiger partial charge in [-0.25, -0.2) is 0 Å². The molecule has 0 spiro atoms. The Morgan fingerprint density at radius 3 is 2.51 bits per heavy atom. The molecule has 0 saturated carbocycles. The van der Waals surface area contributed by atoms with Gasteiger partial charge in [0.15, 0.2) is 0 Å². The number of anilines is 2. The lowest BCUT2D eigenvalue weighted by molar-refractivity contribution is -0.127. The second-order valence-corrected chi connectivity index (χ2v) is 10.8. The summed E-state index contributed by atoms with van der Waals surface area (Å²) < 4.78 is 12.2. The summed E-state index contributed by atoms with van der Waals surface area (Å²) in [6, 6.07) is 22.7. The fraction of sp³-hybridized carbons (Fsp3) is 0.207. The van der Waals surface area contributed by atoms with E-state index >= 15 is 0 Å². The fourth-order valence-corrected chi connectivity index (χ4v) is 5.41. The Labute approximate surface area is 239 Å². The van der Waals surface area contributed by atoms with Gasteiger partial charge in [-0.2, -0.15) is 0 Å². The van der Waals surface area contributed by atoms with Crippen molar-refractivity contribution in [3.8, 4) is 5.75 Å². The van der Waals surface area contributed by atoms with Gasteiger partial charge in [0, 0.05) is 34.5 Å². The van der Waals surface area contributed by atoms with Gasteiger partial charge in [-0.15, -0.1) is 0 Å². The Hall–Kier alpha value is -3.60. The van der Waals surface area contributed by atoms with Gasteiger partial charge in [-0.1, -0.05) is 46.3 Å². The van der Waals surface area contributed by atoms with Crippen molar-refractivity contribution >= 4 is 62.2 Å². The molecule has 0 unspecified atom stereocenters. The van der Waals surface area contributed by atoms with Crippen molar-refractivity contribution in [3.63, 3.8) is 0 Å². The Morgan fingerprint density at radius 2 is 1.77 bits per heavy atom. The van der Waals surface area contributed by atoms with Gasteiger partial charge in [0.2, 0.25) is 5.91 Å². The highest BCUT2D eigenvalue weighted by Gasteiger charge is 2.36. The largest absolute Gasteiger partial charge is 0.488 e. The maximum absolute atomic E-state index is 13.1. The molecule has 2 aliphatic rings. The third-order valence-electron chi connectivity index (χ3n) is 6.20. The van der Waals surface area contributed by atoms with Crippen molar-refractivity contribution in [2.75, 3.05) is 43.1 Å². The van der Waals surface area contributed by atoms with Crippen LogP contribution in [0.2, 0.25) is 0 Å². The first-order valence-electron chi connectivity index (χ1n) is 12.4. The molecule has 3 aromatic carbocycles. The van der Waals surface area contributed by atoms with Crippen LogP contribution >= 0.6 is 27.7 Å². The molecule has 0 aliphatic carbocycles. The molecule has 5 rings (SSSR count). The minimum absolute atomic E-state index is 0.227. The highest BCUT2D eigenvalue weighted by Crippen LogP contribution is 2.35. The van der Waals surface area contributed by atoms with E-state index in [4.69, 9.17) is 9.47 Å². The van der Waals surface area contributed by atoms with Gasteiger partial charge in [-0.05, 0) is 65.9 Å². The Kier molecular flexibility index (Phi) is 8.65. The Morgan fingerprint density at radius 1 is 1.03 bits per heavy atom. The van der Waals surface area contributed by atoms with Crippen molar-refractivity contribution in [3.05, 3.63) is 93.3 Å². The number of ether oxygens (including phenoxy) is 2. The van der Waals surface area contributed by atoms with Crippen LogP contribution in [0.5, 0.6) is 5.75 Å². The minimum Gasteiger partial charge on any atom is -0.488 e. The summed E-state index contributed by atoms with van der Waals surface area (Å²) in [5.41, 5.74) is 3.30. The van der Waals surface area contributed by atoms with Gasteiger partial charge in [0.1, 0.15) is 18.9 Å². The molecule has 10 heteroatoms. The monoisotopic (exact) mass is 607 g/mol. The van der Waals surface area contributed by atoms with E-state index in [1.54, 1.807) is 24.3 Å². The number of carbonyl (C=O) groups is 3. The molecule has 200 valence electrons. The zero-order valence-electron chi connectivity index (χ0n) is 21.0. The van der Waals surface area contributed by atoms with Crippen LogP contribution in [0.15, 0.2) is 82.2 Å². The third-order valence-corrected chi connectivity index (χ3v) is 7.60. The predicted molar refractivity (Wildman–Crippen MR) is 156 cm³/mol. The Bertz CT molecular complexity index is 1390. The third kappa shape index (κ3) is 6.89. The number of thioether (sulfide) groups is 1. The zero-order chi connectivity index (χ0) is 27.2. The highest BCUT2D eigenvalue weighted by molar-refractivity contribution is 9.10. The van der Waals surface area contributed by atoms with Gasteiger partial charge in [0.25, 0.3) is 11.1 Å². The fourth-order valence-electron chi connectivity index (χ4n) is 4.20. The summed E-state index contributed by atoms with van der Waals surface area (Å²) >= 11 is 4.26. The van der Waals surface area contributed by atoms with Crippen LogP contribution in [0.3, 0.4) is 0 Å². The summed E-state index contributed by atoms with van der Waals surface area (Å²) in [4.78, 5) is 41.8. The van der Waals surface area contributed by atoms with E-state index in [0.717, 1.165) is 45.5 Å². The topological polar surface area (TPSA) is 88.2 Å². The lowest BCUT2D eigenvalue weighted by Gasteiger charge is -2.28. The normalized spacial score (nSPS) is 16.6. The van der Waals surface area contributed by atoms with E-state index in [0.29, 0.717) is 36.8 Å². The molecule has 2 aliphatic heterocycles. The minimum atomic E-state index is -0.517. The van der Waals surface area contributed by atoms with Crippen LogP contribution in [0, 0.1) is 0 Å². The number of imide groups is 1. The van der Waals surface area contributed by atoms with E-state index in [-0.39, 0.29) is 11.4 Å². The molecule has 0 bridgehead atoms. The molecule has 39 heavy (non-hydrogen) atoms. The van der Waals surface area contributed by atoms with Crippen molar-refractivity contribution in [2.45, 2.75) is 6.61 Å². The lowest BCUT2D eigenvalue weighted by Crippen LogP contribution is -2.36. The molecular formula is C29H26BrN3O5S. The van der Waals surface area contributed by atoms with Crippen molar-refractivity contribution < 1.29 is 23.9 Å². The van der Waals surface area contributed by atoms with Crippen LogP contribution < -0.4 is 15.0 Å². The average Bonchev–Trinajstić information content (AvgIpc) is 3.21. The van der Waals surface area contributed by atoms with Crippen molar-refractivity contribution in [1.82, 2.24) is 4.90 Å². The quantitative estimate of drug-likeness (QED) is 0.336. The molecule has 3 amide bonds. The van der Waals surface area contributed by atoms with Crippen molar-refractivity contribution in [1.29, 1.82) is 0 Å². The van der Waals surface area contributed by atoms with E-state index in [2.05, 4.69) is 26.1 Å². The smallest absolute Gasteiger partial charge is 0.294 e. The number of hydrogen-bond acceptors (Lipinski definition) is 7. The molecule has 2 fully saturated rings. The van der Waals surface area contributed by atoms with Gasteiger partial charge in [0.05, 0.1) is 18.1 Å². The predicted octanol–water partition coefficient (Wildman–Crippen LogP) is 5.54. The van der Waals surface area contributed by atoms with E-state index in [1.807, 2.05) is 54.6 Å². The van der Waals surface area contributed by atoms with Gasteiger partial charge >= 0.3 is 0 Å². The molecule has 2 heterocycles. The summed E-state index contributed by atoms with van der Waals surface area (Å²) in [7, 11) is 0. The number of carbonyl (C=O) groups excluding carboxylic acids is 3. The van der Waals surface area contributed by atoms with Crippen LogP contribution in [0.25, 0.3) is 6.08 Å². The molecular weight excluding hydrogens is 582 g/mol. The maximum atomic E-state index is 13.1. The average molecular weight is 609 g/mol. The molecule has 3 aromatic rings. The number of hydrogen-bond donors (Lipinski definition) is 1. The number of amides is 3. The second kappa shape index (κ2) is 12.5. The van der Waals surface area contributed by atoms with Crippen molar-refractivity contribution in [2.24, 2.45) is 0 Å². The summed E-state index contributed by atoms with van der Waals surface area (Å²) in [5, 5.41) is 2.28. The molecule has 0 atom stereocenters. The highest BCUT2D eigenvalue weighted by atomic mass is 79.9. The van der Waals surface area contributed by atoms with Gasteiger partial charge in [-0.3, -0.25) is 19.3 Å². The number of rotatable bonds is 8. The van der Waals surface area contributed by atoms with Gasteiger partial charge < -0.3 is 19.7 Å². The molecule has 2 saturated heterocycles. The molecule has 8 nitrogen and oxygen atoms in total. The molecule has 0 radical (unpaired) electrons. The first kappa shape index (κ1) is 27.0. The summed E-state index contributed by atoms with van der Waals surface area (Å²) in [6.07, 6.45) is 1.62. The summed E-state index contributed by atoms with van der Waals surface area (Å²) in [6.45, 7) is 3.00. The van der Waals surface area contributed by atoms with E-state index in [1.165, 1.54) is 0 Å². The number of nitrogens with zero attached hydrogens (tertiary/aromatic N) is 2. The number of morpholine rings is 1. The van der Waals surface area contributed by atoms with E-state index in [9.17, 15) is 14.4 Å². The standard InChI is InChI=1S/C29H26BrN3O5S/c30-22-6-11-25(38-19-20-4-2-1-3-5-20)21(16-22)17-26-28(35)33(29(36)39-26)18-27(34)31-23-7-9-24(10-8-23)32-12-14-37-15-13-32/h1-11,16-17H,12-15,18-19H2,(H,31,34)/b26-17-. The van der Waals surface area contributed by atoms with Crippen LogP contribution in [0.1, 0.15) is 11.1 Å². The van der Waals surface area contributed by atoms with Crippen LogP contribution in [-0.2, 0) is 20.9 Å². The second-order valence-electron chi connectivity index (χ2n) is 8.92. The zero-order valence-corrected chi connectivity index (χ0v) is 23.4. The SMILES string of the molecule is O=C(CN1C(=O)S/C(=C\c2cc(Br)ccc2OCc2ccccc2)C1=O)Nc1ccc(N2CCOCC2)cc1. The molecule has 1 N–H and O–H groups in total. The number of benzene rings is 3. The van der Waals surface area contributed by atoms with Crippen LogP contribution in [-0.4, -0.2) is 54.8 Å². The lowest BCUT2D eigenvalue weighted by atomic mass is 10.1. The summed E-state index contributed by atoms with van der Waals surface area (Å²) in [5.74, 6) is -0.393. The number of halogens is 1. The first-order chi connectivity index (χ1) is 19.0. The molecule has 0 aromatic heterocycles. The Balaban J connectivity index is 1.23.